The molecule has 0 radical (unpaired) electrons. The van der Waals surface area contributed by atoms with Gasteiger partial charge in [0.05, 0.1) is 11.8 Å². The van der Waals surface area contributed by atoms with Crippen molar-refractivity contribution in [1.29, 1.82) is 0 Å². The number of allylic oxidation sites excluding steroid dienone is 2. The normalized spacial score (nSPS) is 31.5. The average molecular weight is 324 g/mol. The lowest BCUT2D eigenvalue weighted by Gasteiger charge is -2.24. The maximum Gasteiger partial charge on any atom is 0.247 e. The molecule has 24 heavy (non-hydrogen) atoms. The van der Waals surface area contributed by atoms with Crippen LogP contribution in [-0.2, 0) is 14.4 Å². The van der Waals surface area contributed by atoms with E-state index in [1.54, 1.807) is 6.92 Å². The quantitative estimate of drug-likeness (QED) is 0.684. The summed E-state index contributed by atoms with van der Waals surface area (Å²) in [7, 11) is 0. The molecule has 2 bridgehead atoms. The van der Waals surface area contributed by atoms with Gasteiger partial charge in [-0.25, -0.2) is 0 Å². The van der Waals surface area contributed by atoms with E-state index in [4.69, 9.17) is 0 Å². The van der Waals surface area contributed by atoms with Crippen LogP contribution >= 0.6 is 0 Å². The molecule has 1 saturated carbocycles. The second kappa shape index (κ2) is 5.30. The van der Waals surface area contributed by atoms with Gasteiger partial charge in [0.1, 0.15) is 6.04 Å². The number of benzene rings is 1. The van der Waals surface area contributed by atoms with E-state index in [9.17, 15) is 14.4 Å². The Labute approximate surface area is 140 Å². The van der Waals surface area contributed by atoms with Crippen LogP contribution < -0.4 is 5.32 Å². The van der Waals surface area contributed by atoms with Gasteiger partial charge in [-0.2, -0.15) is 0 Å². The SMILES string of the molecule is Cc1ccccc1NC(=O)C(C)N1C(=O)C2C3C=CC(C3)C2C1=O. The van der Waals surface area contributed by atoms with Gasteiger partial charge in [0, 0.05) is 5.69 Å². The van der Waals surface area contributed by atoms with Gasteiger partial charge in [0.15, 0.2) is 0 Å². The van der Waals surface area contributed by atoms with Crippen LogP contribution in [0.3, 0.4) is 0 Å². The van der Waals surface area contributed by atoms with E-state index in [1.807, 2.05) is 31.2 Å². The number of rotatable bonds is 3. The van der Waals surface area contributed by atoms with Gasteiger partial charge in [0.2, 0.25) is 17.7 Å². The third kappa shape index (κ3) is 2.04. The van der Waals surface area contributed by atoms with Gasteiger partial charge >= 0.3 is 0 Å². The summed E-state index contributed by atoms with van der Waals surface area (Å²) < 4.78 is 0. The van der Waals surface area contributed by atoms with Crippen LogP contribution in [0.25, 0.3) is 0 Å². The lowest BCUT2D eigenvalue weighted by molar-refractivity contribution is -0.146. The second-order valence-electron chi connectivity index (χ2n) is 7.03. The molecular weight excluding hydrogens is 304 g/mol. The molecule has 3 aliphatic rings. The van der Waals surface area contributed by atoms with E-state index in [1.165, 1.54) is 4.90 Å². The fraction of sp³-hybridized carbons (Fsp3) is 0.421. The topological polar surface area (TPSA) is 66.5 Å². The maximum absolute atomic E-state index is 12.7. The van der Waals surface area contributed by atoms with Gasteiger partial charge in [-0.1, -0.05) is 30.4 Å². The maximum atomic E-state index is 12.7. The summed E-state index contributed by atoms with van der Waals surface area (Å²) in [6.45, 7) is 3.53. The van der Waals surface area contributed by atoms with Gasteiger partial charge in [-0.05, 0) is 43.7 Å². The molecule has 124 valence electrons. The highest BCUT2D eigenvalue weighted by molar-refractivity contribution is 6.10. The molecule has 2 fully saturated rings. The summed E-state index contributed by atoms with van der Waals surface area (Å²) in [6.07, 6.45) is 5.00. The Morgan fingerprint density at radius 3 is 2.29 bits per heavy atom. The van der Waals surface area contributed by atoms with E-state index in [0.29, 0.717) is 5.69 Å². The predicted molar refractivity (Wildman–Crippen MR) is 88.8 cm³/mol. The van der Waals surface area contributed by atoms with Crippen LogP contribution in [0.15, 0.2) is 36.4 Å². The molecule has 1 aromatic rings. The number of fused-ring (bicyclic) bond motifs is 5. The van der Waals surface area contributed by atoms with E-state index in [-0.39, 0.29) is 41.4 Å². The van der Waals surface area contributed by atoms with Gasteiger partial charge in [0.25, 0.3) is 0 Å². The van der Waals surface area contributed by atoms with Crippen molar-refractivity contribution < 1.29 is 14.4 Å². The first-order valence-electron chi connectivity index (χ1n) is 8.41. The standard InChI is InChI=1S/C19H20N2O3/c1-10-5-3-4-6-14(10)20-17(22)11(2)21-18(23)15-12-7-8-13(9-12)16(15)19(21)24/h3-8,11-13,15-16H,9H2,1-2H3,(H,20,22). The molecule has 1 heterocycles. The fourth-order valence-corrected chi connectivity index (χ4v) is 4.37. The van der Waals surface area contributed by atoms with Crippen molar-refractivity contribution in [2.24, 2.45) is 23.7 Å². The van der Waals surface area contributed by atoms with Crippen molar-refractivity contribution >= 4 is 23.4 Å². The molecule has 2 aliphatic carbocycles. The minimum Gasteiger partial charge on any atom is -0.324 e. The molecule has 5 unspecified atom stereocenters. The van der Waals surface area contributed by atoms with Gasteiger partial charge in [-0.15, -0.1) is 0 Å². The first kappa shape index (κ1) is 15.1. The molecule has 5 nitrogen and oxygen atoms in total. The monoisotopic (exact) mass is 324 g/mol. The molecule has 1 aromatic carbocycles. The molecule has 1 N–H and O–H groups in total. The van der Waals surface area contributed by atoms with Crippen LogP contribution in [-0.4, -0.2) is 28.7 Å². The molecule has 3 amide bonds. The Hall–Kier alpha value is -2.43. The number of anilines is 1. The zero-order valence-electron chi connectivity index (χ0n) is 13.7. The predicted octanol–water partition coefficient (Wildman–Crippen LogP) is 2.13. The smallest absolute Gasteiger partial charge is 0.247 e. The van der Waals surface area contributed by atoms with E-state index >= 15 is 0 Å². The lowest BCUT2D eigenvalue weighted by Crippen LogP contribution is -2.46. The minimum absolute atomic E-state index is 0.160. The molecule has 4 rings (SSSR count). The number of hydrogen-bond donors (Lipinski definition) is 1. The fourth-order valence-electron chi connectivity index (χ4n) is 4.37. The average Bonchev–Trinajstić information content (AvgIpc) is 3.23. The second-order valence-corrected chi connectivity index (χ2v) is 7.03. The number of carbonyl (C=O) groups is 3. The molecule has 5 heteroatoms. The summed E-state index contributed by atoms with van der Waals surface area (Å²) in [5, 5.41) is 2.83. The van der Waals surface area contributed by atoms with E-state index in [0.717, 1.165) is 12.0 Å². The number of nitrogens with zero attached hydrogens (tertiary/aromatic N) is 1. The van der Waals surface area contributed by atoms with Crippen molar-refractivity contribution in [3.05, 3.63) is 42.0 Å². The summed E-state index contributed by atoms with van der Waals surface area (Å²) >= 11 is 0. The first-order valence-corrected chi connectivity index (χ1v) is 8.41. The Morgan fingerprint density at radius 2 is 1.71 bits per heavy atom. The molecular formula is C19H20N2O3. The van der Waals surface area contributed by atoms with E-state index in [2.05, 4.69) is 17.5 Å². The van der Waals surface area contributed by atoms with Crippen LogP contribution in [0.5, 0.6) is 0 Å². The highest BCUT2D eigenvalue weighted by atomic mass is 16.2. The molecule has 0 spiro atoms. The Morgan fingerprint density at radius 1 is 1.12 bits per heavy atom. The number of hydrogen-bond acceptors (Lipinski definition) is 3. The van der Waals surface area contributed by atoms with Crippen molar-refractivity contribution in [3.8, 4) is 0 Å². The van der Waals surface area contributed by atoms with Crippen LogP contribution in [0.2, 0.25) is 0 Å². The number of carbonyl (C=O) groups excluding carboxylic acids is 3. The van der Waals surface area contributed by atoms with Crippen molar-refractivity contribution in [1.82, 2.24) is 4.90 Å². The summed E-state index contributed by atoms with van der Waals surface area (Å²) in [6, 6.07) is 6.65. The van der Waals surface area contributed by atoms with Gasteiger partial charge in [-0.3, -0.25) is 19.3 Å². The summed E-state index contributed by atoms with van der Waals surface area (Å²) in [5.41, 5.74) is 1.65. The van der Waals surface area contributed by atoms with Crippen molar-refractivity contribution in [2.75, 3.05) is 5.32 Å². The summed E-state index contributed by atoms with van der Waals surface area (Å²) in [4.78, 5) is 39.2. The highest BCUT2D eigenvalue weighted by Crippen LogP contribution is 2.52. The number of para-hydroxylation sites is 1. The van der Waals surface area contributed by atoms with Gasteiger partial charge < -0.3 is 5.32 Å². The van der Waals surface area contributed by atoms with Crippen LogP contribution in [0, 0.1) is 30.6 Å². The first-order chi connectivity index (χ1) is 11.5. The third-order valence-electron chi connectivity index (χ3n) is 5.67. The van der Waals surface area contributed by atoms with E-state index < -0.39 is 6.04 Å². The minimum atomic E-state index is -0.797. The Balaban J connectivity index is 1.54. The molecule has 1 aliphatic heterocycles. The van der Waals surface area contributed by atoms with Crippen molar-refractivity contribution in [3.63, 3.8) is 0 Å². The highest BCUT2D eigenvalue weighted by Gasteiger charge is 2.60. The zero-order chi connectivity index (χ0) is 17.0. The Bertz CT molecular complexity index is 740. The van der Waals surface area contributed by atoms with Crippen LogP contribution in [0.1, 0.15) is 18.9 Å². The molecule has 0 aromatic heterocycles. The largest absolute Gasteiger partial charge is 0.324 e. The number of likely N-dealkylation sites (tertiary alicyclic amines) is 1. The lowest BCUT2D eigenvalue weighted by atomic mass is 9.85. The zero-order valence-corrected chi connectivity index (χ0v) is 13.7. The number of nitrogens with one attached hydrogen (secondary N) is 1. The number of amides is 3. The number of imide groups is 1. The Kier molecular flexibility index (Phi) is 3.34. The third-order valence-corrected chi connectivity index (χ3v) is 5.67. The molecule has 1 saturated heterocycles. The molecule has 5 atom stereocenters. The number of aryl methyl sites for hydroxylation is 1. The van der Waals surface area contributed by atoms with Crippen LogP contribution in [0.4, 0.5) is 5.69 Å². The summed E-state index contributed by atoms with van der Waals surface area (Å²) in [5.74, 6) is -0.904. The van der Waals surface area contributed by atoms with Crippen molar-refractivity contribution in [2.45, 2.75) is 26.3 Å².